The number of hydrogen-bond acceptors (Lipinski definition) is 3. The van der Waals surface area contributed by atoms with E-state index >= 15 is 0 Å². The molecule has 0 aliphatic heterocycles. The van der Waals surface area contributed by atoms with Crippen molar-refractivity contribution in [3.63, 3.8) is 0 Å². The zero-order valence-corrected chi connectivity index (χ0v) is 14.3. The minimum Gasteiger partial charge on any atom is -0.508 e. The van der Waals surface area contributed by atoms with E-state index in [1.165, 1.54) is 0 Å². The van der Waals surface area contributed by atoms with Crippen molar-refractivity contribution in [3.05, 3.63) is 28.8 Å². The smallest absolute Gasteiger partial charge is 0.307 e. The SMILES string of the molecule is Cc1ccc(O)c2c1C1C(O)CC3(C)C(C(=O)O)CCC3C1CC2. The first-order valence-electron chi connectivity index (χ1n) is 9.07. The molecule has 2 fully saturated rings. The highest BCUT2D eigenvalue weighted by Gasteiger charge is 2.59. The van der Waals surface area contributed by atoms with Crippen molar-refractivity contribution in [1.29, 1.82) is 0 Å². The molecule has 4 nitrogen and oxygen atoms in total. The molecule has 6 atom stereocenters. The van der Waals surface area contributed by atoms with Gasteiger partial charge in [-0.3, -0.25) is 4.79 Å². The Labute approximate surface area is 142 Å². The van der Waals surface area contributed by atoms with E-state index < -0.39 is 12.1 Å². The van der Waals surface area contributed by atoms with Gasteiger partial charge >= 0.3 is 5.97 Å². The van der Waals surface area contributed by atoms with E-state index in [-0.39, 0.29) is 17.3 Å². The molecule has 0 aromatic heterocycles. The lowest BCUT2D eigenvalue weighted by atomic mass is 9.53. The summed E-state index contributed by atoms with van der Waals surface area (Å²) in [5.74, 6) is -0.0191. The van der Waals surface area contributed by atoms with Crippen LogP contribution in [0.15, 0.2) is 12.1 Å². The van der Waals surface area contributed by atoms with Crippen LogP contribution >= 0.6 is 0 Å². The van der Waals surface area contributed by atoms with Crippen LogP contribution in [-0.2, 0) is 11.2 Å². The minimum atomic E-state index is -0.712. The molecule has 4 rings (SSSR count). The second-order valence-electron chi connectivity index (χ2n) is 8.37. The number of phenolic OH excluding ortho intramolecular Hbond substituents is 1. The molecule has 4 heteroatoms. The number of rotatable bonds is 1. The first-order chi connectivity index (χ1) is 11.3. The minimum absolute atomic E-state index is 0.0338. The van der Waals surface area contributed by atoms with E-state index in [0.717, 1.165) is 42.4 Å². The molecule has 0 amide bonds. The summed E-state index contributed by atoms with van der Waals surface area (Å²) in [4.78, 5) is 11.7. The standard InChI is InChI=1S/C20H26O4/c1-10-3-8-15(21)12-5-4-11-13-6-7-14(19(23)24)20(13,2)9-16(22)18(11)17(10)12/h3,8,11,13-14,16,18,21-22H,4-7,9H2,1-2H3,(H,23,24). The Hall–Kier alpha value is -1.55. The van der Waals surface area contributed by atoms with Gasteiger partial charge in [-0.25, -0.2) is 0 Å². The van der Waals surface area contributed by atoms with Crippen molar-refractivity contribution in [2.24, 2.45) is 23.2 Å². The van der Waals surface area contributed by atoms with E-state index in [0.29, 0.717) is 24.0 Å². The highest BCUT2D eigenvalue weighted by molar-refractivity contribution is 5.71. The molecule has 130 valence electrons. The van der Waals surface area contributed by atoms with Gasteiger partial charge in [-0.05, 0) is 79.0 Å². The Morgan fingerprint density at radius 3 is 2.71 bits per heavy atom. The predicted octanol–water partition coefficient (Wildman–Crippen LogP) is 3.23. The molecule has 3 aliphatic rings. The van der Waals surface area contributed by atoms with Crippen LogP contribution < -0.4 is 0 Å². The van der Waals surface area contributed by atoms with Crippen LogP contribution in [0.25, 0.3) is 0 Å². The molecule has 0 radical (unpaired) electrons. The van der Waals surface area contributed by atoms with Crippen LogP contribution in [0.3, 0.4) is 0 Å². The lowest BCUT2D eigenvalue weighted by molar-refractivity contribution is -0.149. The highest BCUT2D eigenvalue weighted by Crippen LogP contribution is 2.63. The quantitative estimate of drug-likeness (QED) is 0.739. The van der Waals surface area contributed by atoms with Crippen molar-refractivity contribution >= 4 is 5.97 Å². The number of benzene rings is 1. The lowest BCUT2D eigenvalue weighted by Gasteiger charge is -2.52. The summed E-state index contributed by atoms with van der Waals surface area (Å²) in [7, 11) is 0. The number of aryl methyl sites for hydroxylation is 1. The van der Waals surface area contributed by atoms with E-state index in [4.69, 9.17) is 0 Å². The van der Waals surface area contributed by atoms with Crippen molar-refractivity contribution in [2.45, 2.75) is 58.0 Å². The summed E-state index contributed by atoms with van der Waals surface area (Å²) in [5.41, 5.74) is 2.94. The fourth-order valence-electron chi connectivity index (χ4n) is 6.37. The lowest BCUT2D eigenvalue weighted by Crippen LogP contribution is -2.50. The molecular formula is C20H26O4. The van der Waals surface area contributed by atoms with Gasteiger partial charge in [0.1, 0.15) is 5.75 Å². The van der Waals surface area contributed by atoms with Crippen LogP contribution in [0.1, 0.15) is 55.2 Å². The number of aliphatic hydroxyl groups is 1. The van der Waals surface area contributed by atoms with Gasteiger partial charge in [0, 0.05) is 5.92 Å². The molecule has 0 saturated heterocycles. The second-order valence-corrected chi connectivity index (χ2v) is 8.37. The fourth-order valence-corrected chi connectivity index (χ4v) is 6.37. The van der Waals surface area contributed by atoms with Gasteiger partial charge in [0.05, 0.1) is 12.0 Å². The first-order valence-corrected chi connectivity index (χ1v) is 9.07. The number of aliphatic carboxylic acids is 1. The normalized spacial score (nSPS) is 40.5. The molecular weight excluding hydrogens is 304 g/mol. The molecule has 1 aromatic carbocycles. The first kappa shape index (κ1) is 15.9. The van der Waals surface area contributed by atoms with Gasteiger partial charge in [0.2, 0.25) is 0 Å². The van der Waals surface area contributed by atoms with Crippen molar-refractivity contribution in [2.75, 3.05) is 0 Å². The molecule has 2 saturated carbocycles. The average Bonchev–Trinajstić information content (AvgIpc) is 2.87. The number of phenols is 1. The predicted molar refractivity (Wildman–Crippen MR) is 90.0 cm³/mol. The molecule has 24 heavy (non-hydrogen) atoms. The third-order valence-electron chi connectivity index (χ3n) is 7.36. The highest BCUT2D eigenvalue weighted by atomic mass is 16.4. The Bertz CT molecular complexity index is 697. The van der Waals surface area contributed by atoms with Gasteiger partial charge in [-0.1, -0.05) is 13.0 Å². The number of aliphatic hydroxyl groups excluding tert-OH is 1. The summed E-state index contributed by atoms with van der Waals surface area (Å²) >= 11 is 0. The van der Waals surface area contributed by atoms with E-state index in [1.54, 1.807) is 6.07 Å². The van der Waals surface area contributed by atoms with Crippen LogP contribution in [0.2, 0.25) is 0 Å². The van der Waals surface area contributed by atoms with Crippen molar-refractivity contribution in [3.8, 4) is 5.75 Å². The average molecular weight is 330 g/mol. The number of fused-ring (bicyclic) bond motifs is 5. The summed E-state index contributed by atoms with van der Waals surface area (Å²) in [5, 5.41) is 30.9. The Balaban J connectivity index is 1.79. The van der Waals surface area contributed by atoms with Gasteiger partial charge in [-0.15, -0.1) is 0 Å². The summed E-state index contributed by atoms with van der Waals surface area (Å²) in [6, 6.07) is 3.69. The number of carboxylic acid groups (broad SMARTS) is 1. The fraction of sp³-hybridized carbons (Fsp3) is 0.650. The van der Waals surface area contributed by atoms with Gasteiger partial charge in [0.25, 0.3) is 0 Å². The number of carbonyl (C=O) groups is 1. The molecule has 3 N–H and O–H groups in total. The molecule has 0 heterocycles. The molecule has 6 unspecified atom stereocenters. The molecule has 1 aromatic rings. The summed E-state index contributed by atoms with van der Waals surface area (Å²) in [6.07, 6.45) is 3.42. The Morgan fingerprint density at radius 1 is 1.25 bits per heavy atom. The van der Waals surface area contributed by atoms with Crippen molar-refractivity contribution in [1.82, 2.24) is 0 Å². The van der Waals surface area contributed by atoms with Crippen LogP contribution in [0.4, 0.5) is 0 Å². The third kappa shape index (κ3) is 1.98. The topological polar surface area (TPSA) is 77.8 Å². The maximum absolute atomic E-state index is 11.7. The van der Waals surface area contributed by atoms with E-state index in [9.17, 15) is 20.1 Å². The summed E-state index contributed by atoms with van der Waals surface area (Å²) < 4.78 is 0. The maximum atomic E-state index is 11.7. The zero-order chi connectivity index (χ0) is 17.2. The van der Waals surface area contributed by atoms with Crippen molar-refractivity contribution < 1.29 is 20.1 Å². The second kappa shape index (κ2) is 5.22. The van der Waals surface area contributed by atoms with E-state index in [2.05, 4.69) is 13.8 Å². The number of aromatic hydroxyl groups is 1. The molecule has 3 aliphatic carbocycles. The number of carboxylic acids is 1. The monoisotopic (exact) mass is 330 g/mol. The van der Waals surface area contributed by atoms with E-state index in [1.807, 2.05) is 6.07 Å². The molecule has 0 bridgehead atoms. The van der Waals surface area contributed by atoms with Gasteiger partial charge < -0.3 is 15.3 Å². The molecule has 0 spiro atoms. The Kier molecular flexibility index (Phi) is 3.47. The summed E-state index contributed by atoms with van der Waals surface area (Å²) in [6.45, 7) is 4.13. The van der Waals surface area contributed by atoms with Gasteiger partial charge in [-0.2, -0.15) is 0 Å². The van der Waals surface area contributed by atoms with Crippen LogP contribution in [-0.4, -0.2) is 27.4 Å². The van der Waals surface area contributed by atoms with Gasteiger partial charge in [0.15, 0.2) is 0 Å². The maximum Gasteiger partial charge on any atom is 0.307 e. The third-order valence-corrected chi connectivity index (χ3v) is 7.36. The van der Waals surface area contributed by atoms with Crippen LogP contribution in [0.5, 0.6) is 5.75 Å². The van der Waals surface area contributed by atoms with Crippen LogP contribution in [0, 0.1) is 30.1 Å². The largest absolute Gasteiger partial charge is 0.508 e. The Morgan fingerprint density at radius 2 is 2.00 bits per heavy atom. The zero-order valence-electron chi connectivity index (χ0n) is 14.3. The number of hydrogen-bond donors (Lipinski definition) is 3.